The largest absolute Gasteiger partial charge is 0.259 e. The molecule has 0 fully saturated rings. The molecular weight excluding hydrogens is 691 g/mol. The lowest BCUT2D eigenvalue weighted by molar-refractivity contribution is -0.602. The Balaban J connectivity index is 1.26. The fourth-order valence-electron chi connectivity index (χ4n) is 10.3. The fourth-order valence-corrected chi connectivity index (χ4v) is 10.3. The van der Waals surface area contributed by atoms with Crippen molar-refractivity contribution in [2.24, 2.45) is 0 Å². The summed E-state index contributed by atoms with van der Waals surface area (Å²) in [6.45, 7) is 18.7. The minimum Gasteiger partial charge on any atom is -0.256 e. The molecule has 5 heterocycles. The van der Waals surface area contributed by atoms with Crippen LogP contribution in [0.4, 0.5) is 0 Å². The lowest BCUT2D eigenvalue weighted by Gasteiger charge is -2.31. The smallest absolute Gasteiger partial charge is 0.256 e. The molecule has 57 heavy (non-hydrogen) atoms. The molecule has 2 aliphatic heterocycles. The van der Waals surface area contributed by atoms with Gasteiger partial charge >= 0.3 is 0 Å². The number of nitrogens with zero attached hydrogens (tertiary/aromatic N) is 3. The van der Waals surface area contributed by atoms with E-state index < -0.39 is 0 Å². The van der Waals surface area contributed by atoms with Crippen molar-refractivity contribution in [1.82, 2.24) is 4.98 Å². The predicted octanol–water partition coefficient (Wildman–Crippen LogP) is 12.4. The Labute approximate surface area is 338 Å². The molecule has 3 heteroatoms. The minimum absolute atomic E-state index is 0.0132. The van der Waals surface area contributed by atoms with Crippen LogP contribution in [-0.2, 0) is 29.1 Å². The Kier molecular flexibility index (Phi) is 7.94. The molecule has 3 nitrogen and oxygen atoms in total. The Morgan fingerprint density at radius 3 is 2.04 bits per heavy atom. The summed E-state index contributed by atoms with van der Waals surface area (Å²) in [7, 11) is 0. The molecular formula is C54H53N3+2. The van der Waals surface area contributed by atoms with Gasteiger partial charge in [0.05, 0.1) is 29.7 Å². The first-order valence-electron chi connectivity index (χ1n) is 21.0. The molecule has 0 unspecified atom stereocenters. The van der Waals surface area contributed by atoms with Crippen LogP contribution in [0.3, 0.4) is 0 Å². The first kappa shape index (κ1) is 35.7. The van der Waals surface area contributed by atoms with Crippen molar-refractivity contribution in [3.05, 3.63) is 161 Å². The van der Waals surface area contributed by atoms with Crippen LogP contribution in [0, 0.1) is 0 Å². The van der Waals surface area contributed by atoms with Crippen LogP contribution in [0.25, 0.3) is 67.1 Å². The maximum atomic E-state index is 4.81. The van der Waals surface area contributed by atoms with Crippen LogP contribution in [0.15, 0.2) is 128 Å². The first-order valence-corrected chi connectivity index (χ1v) is 21.0. The zero-order valence-corrected chi connectivity index (χ0v) is 34.8. The molecule has 0 saturated carbocycles. The van der Waals surface area contributed by atoms with Crippen molar-refractivity contribution in [2.45, 2.75) is 97.3 Å². The highest BCUT2D eigenvalue weighted by Gasteiger charge is 2.45. The molecule has 10 rings (SSSR count). The van der Waals surface area contributed by atoms with E-state index in [-0.39, 0.29) is 16.2 Å². The summed E-state index contributed by atoms with van der Waals surface area (Å²) in [5.74, 6) is 0. The second-order valence-electron chi connectivity index (χ2n) is 18.7. The van der Waals surface area contributed by atoms with Gasteiger partial charge in [0.1, 0.15) is 0 Å². The third kappa shape index (κ3) is 5.42. The summed E-state index contributed by atoms with van der Waals surface area (Å²) < 4.78 is 5.06. The lowest BCUT2D eigenvalue weighted by atomic mass is 9.71. The second-order valence-corrected chi connectivity index (χ2v) is 18.7. The maximum Gasteiger partial charge on any atom is 0.259 e. The SMILES string of the molecule is CCC1(CC)c2cc3c(cc2-c2ccc4ccccc4c21)-c1cc(-c2ccccn2)cc[n+]1/C(=C1\Cc2cc(C(C)(C)C)ccc2-c2ccc(C(C)(C)C)c[n+]21)C3. The van der Waals surface area contributed by atoms with Gasteiger partial charge in [-0.15, -0.1) is 0 Å². The molecule has 4 aromatic carbocycles. The normalized spacial score (nSPS) is 16.4. The van der Waals surface area contributed by atoms with Crippen LogP contribution < -0.4 is 9.13 Å². The quantitative estimate of drug-likeness (QED) is 0.165. The van der Waals surface area contributed by atoms with E-state index in [1.807, 2.05) is 12.3 Å². The summed E-state index contributed by atoms with van der Waals surface area (Å²) in [6.07, 6.45) is 10.5. The highest BCUT2D eigenvalue weighted by molar-refractivity contribution is 5.99. The van der Waals surface area contributed by atoms with Gasteiger partial charge in [0.15, 0.2) is 12.4 Å². The highest BCUT2D eigenvalue weighted by Crippen LogP contribution is 2.56. The van der Waals surface area contributed by atoms with Crippen LogP contribution in [0.2, 0.25) is 0 Å². The van der Waals surface area contributed by atoms with Crippen molar-refractivity contribution in [1.29, 1.82) is 0 Å². The van der Waals surface area contributed by atoms with E-state index in [4.69, 9.17) is 4.98 Å². The Hall–Kier alpha value is -5.67. The van der Waals surface area contributed by atoms with Crippen molar-refractivity contribution in [3.63, 3.8) is 0 Å². The second kappa shape index (κ2) is 12.7. The average Bonchev–Trinajstić information content (AvgIpc) is 3.50. The van der Waals surface area contributed by atoms with E-state index in [0.29, 0.717) is 0 Å². The van der Waals surface area contributed by atoms with E-state index in [1.165, 1.54) is 89.2 Å². The van der Waals surface area contributed by atoms with Gasteiger partial charge < -0.3 is 0 Å². The average molecular weight is 744 g/mol. The van der Waals surface area contributed by atoms with Gasteiger partial charge in [0.25, 0.3) is 11.4 Å². The summed E-state index contributed by atoms with van der Waals surface area (Å²) in [4.78, 5) is 4.81. The molecule has 1 aliphatic carbocycles. The van der Waals surface area contributed by atoms with Gasteiger partial charge in [-0.25, -0.2) is 0 Å². The number of fused-ring (bicyclic) bond motifs is 11. The number of allylic oxidation sites excluding steroid dienone is 2. The Morgan fingerprint density at radius 2 is 1.30 bits per heavy atom. The fraction of sp³-hybridized carbons (Fsp3) is 0.278. The molecule has 0 N–H and O–H groups in total. The van der Waals surface area contributed by atoms with Gasteiger partial charge in [0.2, 0.25) is 11.4 Å². The highest BCUT2D eigenvalue weighted by atomic mass is 15.1. The molecule has 0 radical (unpaired) electrons. The molecule has 282 valence electrons. The van der Waals surface area contributed by atoms with E-state index in [0.717, 1.165) is 36.9 Å². The standard InChI is InChI=1S/C54H53N3/c1-9-54(10-2)45-28-37-31-49(50-30-36-27-38(52(3,4)5)19-22-40(36)47-23-20-39(33-57(47)50)53(6,7)8)56-26-24-35(46-17-13-14-25-55-46)29-48(56)43(37)32-44(45)42-21-18-34-15-11-12-16-41(34)51(42)54/h11-29,32-33H,9-10,30-31H2,1-8H3/q+2/b50-49+. The van der Waals surface area contributed by atoms with Gasteiger partial charge in [-0.3, -0.25) is 4.98 Å². The number of hydrogen-bond acceptors (Lipinski definition) is 1. The number of hydrogen-bond donors (Lipinski definition) is 0. The van der Waals surface area contributed by atoms with E-state index in [9.17, 15) is 0 Å². The molecule has 3 aromatic heterocycles. The molecule has 0 atom stereocenters. The summed E-state index contributed by atoms with van der Waals surface area (Å²) >= 11 is 0. The number of rotatable bonds is 3. The Morgan fingerprint density at radius 1 is 0.596 bits per heavy atom. The first-order chi connectivity index (χ1) is 27.4. The van der Waals surface area contributed by atoms with Crippen LogP contribution in [-0.4, -0.2) is 4.98 Å². The topological polar surface area (TPSA) is 20.6 Å². The Bertz CT molecular complexity index is 2820. The molecule has 0 bridgehead atoms. The van der Waals surface area contributed by atoms with E-state index in [2.05, 4.69) is 180 Å². The molecule has 0 amide bonds. The monoisotopic (exact) mass is 743 g/mol. The number of aromatic nitrogens is 3. The van der Waals surface area contributed by atoms with Crippen LogP contribution in [0.1, 0.15) is 102 Å². The number of pyridine rings is 3. The van der Waals surface area contributed by atoms with Crippen molar-refractivity contribution in [3.8, 4) is 44.9 Å². The summed E-state index contributed by atoms with van der Waals surface area (Å²) in [5, 5.41) is 2.71. The van der Waals surface area contributed by atoms with Gasteiger partial charge in [-0.1, -0.05) is 116 Å². The zero-order valence-electron chi connectivity index (χ0n) is 34.8. The summed E-state index contributed by atoms with van der Waals surface area (Å²) in [6, 6.07) is 41.7. The zero-order chi connectivity index (χ0) is 39.4. The molecule has 0 spiro atoms. The maximum absolute atomic E-state index is 4.81. The number of benzene rings is 4. The minimum atomic E-state index is -0.0484. The predicted molar refractivity (Wildman–Crippen MR) is 236 cm³/mol. The third-order valence-electron chi connectivity index (χ3n) is 13.5. The lowest BCUT2D eigenvalue weighted by Crippen LogP contribution is -2.47. The van der Waals surface area contributed by atoms with Gasteiger partial charge in [-0.05, 0) is 104 Å². The van der Waals surface area contributed by atoms with Gasteiger partial charge in [-0.2, -0.15) is 9.13 Å². The molecule has 0 saturated heterocycles. The molecule has 3 aliphatic rings. The van der Waals surface area contributed by atoms with E-state index >= 15 is 0 Å². The van der Waals surface area contributed by atoms with Crippen molar-refractivity contribution < 1.29 is 9.13 Å². The van der Waals surface area contributed by atoms with Crippen LogP contribution >= 0.6 is 0 Å². The van der Waals surface area contributed by atoms with Crippen molar-refractivity contribution in [2.75, 3.05) is 0 Å². The third-order valence-corrected chi connectivity index (χ3v) is 13.5. The van der Waals surface area contributed by atoms with Gasteiger partial charge in [0, 0.05) is 40.9 Å². The van der Waals surface area contributed by atoms with Crippen LogP contribution in [0.5, 0.6) is 0 Å². The van der Waals surface area contributed by atoms with E-state index in [1.54, 1.807) is 0 Å². The summed E-state index contributed by atoms with van der Waals surface area (Å²) in [5.41, 5.74) is 21.3. The van der Waals surface area contributed by atoms with Crippen molar-refractivity contribution >= 4 is 22.2 Å². The molecule has 7 aromatic rings.